The summed E-state index contributed by atoms with van der Waals surface area (Å²) >= 11 is 1.86. The van der Waals surface area contributed by atoms with Gasteiger partial charge in [-0.25, -0.2) is 4.79 Å². The van der Waals surface area contributed by atoms with E-state index in [1.54, 1.807) is 6.08 Å². The van der Waals surface area contributed by atoms with Gasteiger partial charge in [0.15, 0.2) is 0 Å². The normalized spacial score (nSPS) is 13.4. The van der Waals surface area contributed by atoms with Crippen LogP contribution in [0.3, 0.4) is 0 Å². The Bertz CT molecular complexity index is 1090. The van der Waals surface area contributed by atoms with Crippen molar-refractivity contribution in [3.8, 4) is 0 Å². The molecule has 0 fully saturated rings. The number of isocyanates is 1. The number of thioether (sulfide) groups is 1. The molecule has 224 valence electrons. The van der Waals surface area contributed by atoms with Crippen molar-refractivity contribution in [1.82, 2.24) is 0 Å². The summed E-state index contributed by atoms with van der Waals surface area (Å²) in [6.45, 7) is 18.6. The zero-order chi connectivity index (χ0) is 30.5. The van der Waals surface area contributed by atoms with Crippen molar-refractivity contribution in [1.29, 1.82) is 0 Å². The molecule has 0 aliphatic rings. The summed E-state index contributed by atoms with van der Waals surface area (Å²) in [5.41, 5.74) is 4.00. The Morgan fingerprint density at radius 2 is 1.83 bits per heavy atom. The van der Waals surface area contributed by atoms with Crippen LogP contribution in [0.4, 0.5) is 0 Å². The van der Waals surface area contributed by atoms with Gasteiger partial charge in [-0.3, -0.25) is 0 Å². The van der Waals surface area contributed by atoms with Crippen LogP contribution in [-0.2, 0) is 10.3 Å². The summed E-state index contributed by atoms with van der Waals surface area (Å²) in [4.78, 5) is 14.1. The molecule has 0 heterocycles. The lowest BCUT2D eigenvalue weighted by molar-refractivity contribution is 0.322. The van der Waals surface area contributed by atoms with Crippen LogP contribution in [-0.4, -0.2) is 29.3 Å². The number of benzene rings is 2. The van der Waals surface area contributed by atoms with Gasteiger partial charge in [0.1, 0.15) is 0 Å². The van der Waals surface area contributed by atoms with E-state index >= 15 is 0 Å². The molecule has 3 nitrogen and oxygen atoms in total. The third-order valence-electron chi connectivity index (χ3n) is 7.47. The van der Waals surface area contributed by atoms with Crippen molar-refractivity contribution < 1.29 is 9.90 Å². The van der Waals surface area contributed by atoms with Crippen molar-refractivity contribution >= 4 is 23.4 Å². The lowest BCUT2D eigenvalue weighted by Gasteiger charge is -2.18. The quantitative estimate of drug-likeness (QED) is 0.0832. The molecule has 4 heteroatoms. The van der Waals surface area contributed by atoms with Gasteiger partial charge in [0.2, 0.25) is 6.08 Å². The molecule has 1 N–H and O–H groups in total. The average Bonchev–Trinajstić information content (AvgIpc) is 2.97. The number of aliphatic imine (C=N–C) groups is 1. The molecule has 0 saturated carbocycles. The highest BCUT2D eigenvalue weighted by Crippen LogP contribution is 2.27. The first kappa shape index (κ1) is 36.4. The van der Waals surface area contributed by atoms with Crippen LogP contribution in [0, 0.1) is 11.8 Å². The fraction of sp³-hybridized carbons (Fsp3) is 0.486. The number of nitrogens with zero attached hydrogens (tertiary/aromatic N) is 1. The van der Waals surface area contributed by atoms with E-state index in [0.29, 0.717) is 18.4 Å². The highest BCUT2D eigenvalue weighted by atomic mass is 32.2. The summed E-state index contributed by atoms with van der Waals surface area (Å²) in [5.74, 6) is 4.01. The second kappa shape index (κ2) is 21.1. The second-order valence-corrected chi connectivity index (χ2v) is 12.6. The minimum absolute atomic E-state index is 0.295. The van der Waals surface area contributed by atoms with Crippen LogP contribution in [0.25, 0.3) is 5.57 Å². The van der Waals surface area contributed by atoms with Crippen LogP contribution < -0.4 is 0 Å². The largest absolute Gasteiger partial charge is 0.396 e. The highest BCUT2D eigenvalue weighted by Gasteiger charge is 2.19. The van der Waals surface area contributed by atoms with Gasteiger partial charge in [0.25, 0.3) is 0 Å². The van der Waals surface area contributed by atoms with Crippen molar-refractivity contribution in [3.05, 3.63) is 103 Å². The smallest absolute Gasteiger partial charge is 0.235 e. The zero-order valence-electron chi connectivity index (χ0n) is 26.1. The molecule has 41 heavy (non-hydrogen) atoms. The summed E-state index contributed by atoms with van der Waals surface area (Å²) in [6, 6.07) is 18.8. The molecule has 2 aromatic rings. The maximum Gasteiger partial charge on any atom is 0.235 e. The van der Waals surface area contributed by atoms with Crippen LogP contribution in [0.5, 0.6) is 0 Å². The number of hydrogen-bond donors (Lipinski definition) is 1. The summed E-state index contributed by atoms with van der Waals surface area (Å²) in [7, 11) is 0. The molecule has 0 aliphatic carbocycles. The molecule has 0 spiro atoms. The predicted octanol–water partition coefficient (Wildman–Crippen LogP) is 10.1. The average molecular weight is 576 g/mol. The molecule has 3 unspecified atom stereocenters. The number of aliphatic hydroxyl groups is 1. The van der Waals surface area contributed by atoms with Gasteiger partial charge in [0.05, 0.1) is 12.1 Å². The first-order valence-electron chi connectivity index (χ1n) is 15.0. The van der Waals surface area contributed by atoms with Crippen LogP contribution >= 0.6 is 11.8 Å². The molecule has 0 amide bonds. The van der Waals surface area contributed by atoms with Crippen LogP contribution in [0.1, 0.15) is 95.8 Å². The van der Waals surface area contributed by atoms with E-state index in [1.807, 2.05) is 56.8 Å². The standard InChI is InChI=1S/C24H38OS.C13H15NO/c1-4-22(20-21(3)16-18-26-19-17-25)12-8-6-9-13-23(5-2)24-14-10-7-11-15-24;1-10(2)11-6-5-7-12(8-11)13(3,4)14-9-15/h4,6-7,9-11,14-15,21-23,25H,1,5,8,12-13,16-20H2,2-3H3;5-8H,1H2,2-4H3. The monoisotopic (exact) mass is 575 g/mol. The number of allylic oxidation sites excluding steroid dienone is 4. The van der Waals surface area contributed by atoms with E-state index in [0.717, 1.165) is 47.0 Å². The minimum Gasteiger partial charge on any atom is -0.396 e. The van der Waals surface area contributed by atoms with E-state index in [2.05, 4.69) is 80.6 Å². The van der Waals surface area contributed by atoms with Gasteiger partial charge in [-0.05, 0) is 106 Å². The Morgan fingerprint density at radius 3 is 2.44 bits per heavy atom. The highest BCUT2D eigenvalue weighted by molar-refractivity contribution is 7.99. The third kappa shape index (κ3) is 15.2. The number of carbonyl (C=O) groups excluding carboxylic acids is 1. The maximum absolute atomic E-state index is 10.3. The molecule has 0 radical (unpaired) electrons. The van der Waals surface area contributed by atoms with Crippen LogP contribution in [0.15, 0.2) is 91.0 Å². The van der Waals surface area contributed by atoms with E-state index in [4.69, 9.17) is 5.11 Å². The fourth-order valence-corrected chi connectivity index (χ4v) is 5.62. The molecule has 0 aromatic heterocycles. The van der Waals surface area contributed by atoms with E-state index < -0.39 is 5.54 Å². The van der Waals surface area contributed by atoms with Crippen molar-refractivity contribution in [2.75, 3.05) is 18.1 Å². The predicted molar refractivity (Wildman–Crippen MR) is 181 cm³/mol. The number of hydrogen-bond acceptors (Lipinski definition) is 4. The molecule has 3 atom stereocenters. The molecule has 2 rings (SSSR count). The zero-order valence-corrected chi connectivity index (χ0v) is 27.0. The van der Waals surface area contributed by atoms with Gasteiger partial charge < -0.3 is 5.11 Å². The molecular weight excluding hydrogens is 522 g/mol. The van der Waals surface area contributed by atoms with Crippen molar-refractivity contribution in [2.45, 2.75) is 84.6 Å². The van der Waals surface area contributed by atoms with Gasteiger partial charge in [-0.1, -0.05) is 92.8 Å². The van der Waals surface area contributed by atoms with Crippen LogP contribution in [0.2, 0.25) is 0 Å². The molecule has 0 aliphatic heterocycles. The van der Waals surface area contributed by atoms with Crippen molar-refractivity contribution in [2.24, 2.45) is 16.8 Å². The van der Waals surface area contributed by atoms with E-state index in [-0.39, 0.29) is 0 Å². The lowest BCUT2D eigenvalue weighted by Crippen LogP contribution is -2.13. The van der Waals surface area contributed by atoms with E-state index in [1.165, 1.54) is 31.2 Å². The van der Waals surface area contributed by atoms with Gasteiger partial charge in [-0.2, -0.15) is 16.8 Å². The lowest BCUT2D eigenvalue weighted by atomic mass is 9.90. The Kier molecular flexibility index (Phi) is 18.7. The Balaban J connectivity index is 0.000000474. The summed E-state index contributed by atoms with van der Waals surface area (Å²) in [6.07, 6.45) is 15.6. The molecule has 0 saturated heterocycles. The molecule has 2 aromatic carbocycles. The number of aliphatic hydroxyl groups excluding tert-OH is 1. The summed E-state index contributed by atoms with van der Waals surface area (Å²) in [5, 5.41) is 8.83. The number of rotatable bonds is 18. The Morgan fingerprint density at radius 1 is 1.10 bits per heavy atom. The molecular formula is C37H53NO2S. The third-order valence-corrected chi connectivity index (χ3v) is 8.47. The summed E-state index contributed by atoms with van der Waals surface area (Å²) < 4.78 is 0. The fourth-order valence-electron chi connectivity index (χ4n) is 4.71. The molecule has 0 bridgehead atoms. The van der Waals surface area contributed by atoms with Gasteiger partial charge >= 0.3 is 0 Å². The first-order chi connectivity index (χ1) is 19.7. The maximum atomic E-state index is 10.3. The minimum atomic E-state index is -0.521. The Labute approximate surface area is 255 Å². The van der Waals surface area contributed by atoms with E-state index in [9.17, 15) is 4.79 Å². The first-order valence-corrected chi connectivity index (χ1v) is 16.2. The topological polar surface area (TPSA) is 49.7 Å². The second-order valence-electron chi connectivity index (χ2n) is 11.4. The van der Waals surface area contributed by atoms with Gasteiger partial charge in [-0.15, -0.1) is 6.58 Å². The Hall–Kier alpha value is -2.65. The van der Waals surface area contributed by atoms with Crippen molar-refractivity contribution in [3.63, 3.8) is 0 Å². The SMILES string of the molecule is C=C(C)c1cccc(C(C)(C)N=C=O)c1.C=CC(CCC=CCC(CC)c1ccccc1)CC(C)CCSCCO. The van der Waals surface area contributed by atoms with Gasteiger partial charge in [0, 0.05) is 5.75 Å².